The Morgan fingerprint density at radius 3 is 2.72 bits per heavy atom. The van der Waals surface area contributed by atoms with E-state index in [4.69, 9.17) is 0 Å². The van der Waals surface area contributed by atoms with Gasteiger partial charge in [0.1, 0.15) is 6.04 Å². The van der Waals surface area contributed by atoms with Gasteiger partial charge in [0.2, 0.25) is 5.91 Å². The van der Waals surface area contributed by atoms with Crippen LogP contribution >= 0.6 is 0 Å². The zero-order valence-electron chi connectivity index (χ0n) is 10.6. The van der Waals surface area contributed by atoms with Crippen molar-refractivity contribution in [2.24, 2.45) is 0 Å². The van der Waals surface area contributed by atoms with Crippen molar-refractivity contribution in [3.8, 4) is 11.1 Å². The summed E-state index contributed by atoms with van der Waals surface area (Å²) in [5, 5.41) is 7.04. The Bertz CT molecular complexity index is 519. The maximum atomic E-state index is 11.7. The van der Waals surface area contributed by atoms with Crippen LogP contribution in [-0.2, 0) is 4.79 Å². The van der Waals surface area contributed by atoms with Gasteiger partial charge in [0, 0.05) is 18.3 Å². The van der Waals surface area contributed by atoms with Gasteiger partial charge in [-0.2, -0.15) is 5.10 Å². The van der Waals surface area contributed by atoms with Crippen LogP contribution in [0.15, 0.2) is 42.7 Å². The number of carbonyl (C=O) groups is 1. The molecule has 94 valence electrons. The van der Waals surface area contributed by atoms with Crippen LogP contribution < -0.4 is 5.32 Å². The van der Waals surface area contributed by atoms with E-state index >= 15 is 0 Å². The molecule has 0 radical (unpaired) electrons. The van der Waals surface area contributed by atoms with Gasteiger partial charge < -0.3 is 5.32 Å². The number of hydrogen-bond donors (Lipinski definition) is 1. The van der Waals surface area contributed by atoms with E-state index in [0.717, 1.165) is 11.1 Å². The van der Waals surface area contributed by atoms with E-state index in [9.17, 15) is 4.79 Å². The molecule has 0 fully saturated rings. The third-order valence-electron chi connectivity index (χ3n) is 2.84. The first-order chi connectivity index (χ1) is 8.72. The zero-order chi connectivity index (χ0) is 13.0. The quantitative estimate of drug-likeness (QED) is 0.895. The van der Waals surface area contributed by atoms with Crippen LogP contribution in [-0.4, -0.2) is 22.2 Å². The first-order valence-corrected chi connectivity index (χ1v) is 6.09. The first-order valence-electron chi connectivity index (χ1n) is 6.09. The van der Waals surface area contributed by atoms with E-state index in [1.54, 1.807) is 10.9 Å². The molecular weight excluding hydrogens is 226 g/mol. The predicted molar refractivity (Wildman–Crippen MR) is 71.1 cm³/mol. The Labute approximate surface area is 107 Å². The van der Waals surface area contributed by atoms with Crippen molar-refractivity contribution in [3.63, 3.8) is 0 Å². The minimum atomic E-state index is -0.289. The van der Waals surface area contributed by atoms with E-state index in [1.807, 2.05) is 50.4 Å². The average Bonchev–Trinajstić information content (AvgIpc) is 2.89. The number of nitrogens with one attached hydrogen (secondary N) is 1. The molecule has 0 aliphatic rings. The van der Waals surface area contributed by atoms with Crippen LogP contribution in [0.3, 0.4) is 0 Å². The van der Waals surface area contributed by atoms with Crippen LogP contribution in [0.4, 0.5) is 0 Å². The number of rotatable bonds is 4. The summed E-state index contributed by atoms with van der Waals surface area (Å²) < 4.78 is 1.69. The lowest BCUT2D eigenvalue weighted by molar-refractivity contribution is -0.124. The molecule has 1 heterocycles. The fourth-order valence-electron chi connectivity index (χ4n) is 1.77. The average molecular weight is 243 g/mol. The van der Waals surface area contributed by atoms with Crippen LogP contribution in [0, 0.1) is 0 Å². The molecule has 0 saturated carbocycles. The molecule has 1 aromatic carbocycles. The second-order valence-electron chi connectivity index (χ2n) is 4.15. The van der Waals surface area contributed by atoms with E-state index in [1.165, 1.54) is 0 Å². The SMILES string of the molecule is CCNC(=O)[C@@H](C)n1cc(-c2ccccc2)cn1. The van der Waals surface area contributed by atoms with Gasteiger partial charge in [-0.05, 0) is 19.4 Å². The van der Waals surface area contributed by atoms with Gasteiger partial charge >= 0.3 is 0 Å². The Morgan fingerprint density at radius 1 is 1.33 bits per heavy atom. The summed E-state index contributed by atoms with van der Waals surface area (Å²) in [6, 6.07) is 9.71. The fraction of sp³-hybridized carbons (Fsp3) is 0.286. The highest BCUT2D eigenvalue weighted by molar-refractivity contribution is 5.79. The van der Waals surface area contributed by atoms with Crippen LogP contribution in [0.2, 0.25) is 0 Å². The normalized spacial score (nSPS) is 12.1. The molecule has 0 unspecified atom stereocenters. The number of aromatic nitrogens is 2. The maximum Gasteiger partial charge on any atom is 0.244 e. The molecule has 1 N–H and O–H groups in total. The third kappa shape index (κ3) is 2.59. The number of likely N-dealkylation sites (N-methyl/N-ethyl adjacent to an activating group) is 1. The molecule has 0 aliphatic heterocycles. The molecular formula is C14H17N3O. The van der Waals surface area contributed by atoms with Gasteiger partial charge in [-0.3, -0.25) is 9.48 Å². The highest BCUT2D eigenvalue weighted by Gasteiger charge is 2.15. The van der Waals surface area contributed by atoms with Gasteiger partial charge in [0.25, 0.3) is 0 Å². The molecule has 2 rings (SSSR count). The minimum Gasteiger partial charge on any atom is -0.355 e. The highest BCUT2D eigenvalue weighted by Crippen LogP contribution is 2.19. The number of carbonyl (C=O) groups excluding carboxylic acids is 1. The van der Waals surface area contributed by atoms with Crippen molar-refractivity contribution in [1.82, 2.24) is 15.1 Å². The molecule has 0 spiro atoms. The van der Waals surface area contributed by atoms with E-state index in [-0.39, 0.29) is 11.9 Å². The molecule has 0 bridgehead atoms. The Balaban J connectivity index is 2.18. The molecule has 18 heavy (non-hydrogen) atoms. The minimum absolute atomic E-state index is 0.0137. The topological polar surface area (TPSA) is 46.9 Å². The van der Waals surface area contributed by atoms with E-state index < -0.39 is 0 Å². The van der Waals surface area contributed by atoms with E-state index in [2.05, 4.69) is 10.4 Å². The summed E-state index contributed by atoms with van der Waals surface area (Å²) >= 11 is 0. The number of hydrogen-bond acceptors (Lipinski definition) is 2. The smallest absolute Gasteiger partial charge is 0.244 e. The Morgan fingerprint density at radius 2 is 2.06 bits per heavy atom. The van der Waals surface area contributed by atoms with Crippen LogP contribution in [0.25, 0.3) is 11.1 Å². The Kier molecular flexibility index (Phi) is 3.77. The number of amides is 1. The molecule has 1 aromatic heterocycles. The molecule has 4 nitrogen and oxygen atoms in total. The highest BCUT2D eigenvalue weighted by atomic mass is 16.2. The van der Waals surface area contributed by atoms with Gasteiger partial charge in [-0.15, -0.1) is 0 Å². The van der Waals surface area contributed by atoms with Crippen molar-refractivity contribution < 1.29 is 4.79 Å². The lowest BCUT2D eigenvalue weighted by atomic mass is 10.1. The van der Waals surface area contributed by atoms with Crippen LogP contribution in [0.5, 0.6) is 0 Å². The van der Waals surface area contributed by atoms with Crippen molar-refractivity contribution in [2.75, 3.05) is 6.54 Å². The third-order valence-corrected chi connectivity index (χ3v) is 2.84. The maximum absolute atomic E-state index is 11.7. The summed E-state index contributed by atoms with van der Waals surface area (Å²) in [5.41, 5.74) is 2.12. The van der Waals surface area contributed by atoms with Gasteiger partial charge in [-0.25, -0.2) is 0 Å². The van der Waals surface area contributed by atoms with Crippen molar-refractivity contribution in [1.29, 1.82) is 0 Å². The lowest BCUT2D eigenvalue weighted by Crippen LogP contribution is -2.30. The summed E-state index contributed by atoms with van der Waals surface area (Å²) in [6.45, 7) is 4.38. The molecule has 4 heteroatoms. The van der Waals surface area contributed by atoms with Crippen LogP contribution in [0.1, 0.15) is 19.9 Å². The summed E-state index contributed by atoms with van der Waals surface area (Å²) in [5.74, 6) is -0.0137. The second kappa shape index (κ2) is 5.49. The van der Waals surface area contributed by atoms with Crippen molar-refractivity contribution in [2.45, 2.75) is 19.9 Å². The summed E-state index contributed by atoms with van der Waals surface area (Å²) in [6.07, 6.45) is 3.68. The zero-order valence-corrected chi connectivity index (χ0v) is 10.6. The molecule has 0 aliphatic carbocycles. The van der Waals surface area contributed by atoms with Crippen molar-refractivity contribution in [3.05, 3.63) is 42.7 Å². The summed E-state index contributed by atoms with van der Waals surface area (Å²) in [4.78, 5) is 11.7. The van der Waals surface area contributed by atoms with Gasteiger partial charge in [-0.1, -0.05) is 30.3 Å². The second-order valence-corrected chi connectivity index (χ2v) is 4.15. The van der Waals surface area contributed by atoms with Gasteiger partial charge in [0.15, 0.2) is 0 Å². The standard InChI is InChI=1S/C14H17N3O/c1-3-15-14(18)11(2)17-10-13(9-16-17)12-7-5-4-6-8-12/h4-11H,3H2,1-2H3,(H,15,18)/t11-/m1/s1. The predicted octanol–water partition coefficient (Wildman–Crippen LogP) is 2.25. The lowest BCUT2D eigenvalue weighted by Gasteiger charge is -2.11. The number of nitrogens with zero attached hydrogens (tertiary/aromatic N) is 2. The van der Waals surface area contributed by atoms with E-state index in [0.29, 0.717) is 6.54 Å². The Hall–Kier alpha value is -2.10. The largest absolute Gasteiger partial charge is 0.355 e. The summed E-state index contributed by atoms with van der Waals surface area (Å²) in [7, 11) is 0. The first kappa shape index (κ1) is 12.4. The fourth-order valence-corrected chi connectivity index (χ4v) is 1.77. The number of benzene rings is 1. The molecule has 1 amide bonds. The monoisotopic (exact) mass is 243 g/mol. The van der Waals surface area contributed by atoms with Crippen molar-refractivity contribution >= 4 is 5.91 Å². The molecule has 1 atom stereocenters. The molecule has 2 aromatic rings. The van der Waals surface area contributed by atoms with Gasteiger partial charge in [0.05, 0.1) is 6.20 Å². The molecule has 0 saturated heterocycles.